The molecular weight excluding hydrogens is 134 g/mol. The van der Waals surface area contributed by atoms with Gasteiger partial charge in [0.2, 0.25) is 0 Å². The van der Waals surface area contributed by atoms with E-state index in [9.17, 15) is 0 Å². The number of rotatable bonds is 5. The van der Waals surface area contributed by atoms with Gasteiger partial charge in [0.25, 0.3) is 0 Å². The fraction of sp³-hybridized carbons (Fsp3) is 0.600. The van der Waals surface area contributed by atoms with Gasteiger partial charge in [0.1, 0.15) is 0 Å². The predicted molar refractivity (Wildman–Crippen MR) is 51.5 cm³/mol. The van der Waals surface area contributed by atoms with Crippen molar-refractivity contribution in [1.82, 2.24) is 0 Å². The van der Waals surface area contributed by atoms with Crippen LogP contribution < -0.4 is 5.73 Å². The van der Waals surface area contributed by atoms with Crippen LogP contribution in [0, 0.1) is 0 Å². The van der Waals surface area contributed by atoms with E-state index < -0.39 is 0 Å². The normalized spacial score (nSPS) is 12.8. The third-order valence-electron chi connectivity index (χ3n) is 1.52. The second-order valence-electron chi connectivity index (χ2n) is 2.58. The Hall–Kier alpha value is -0.560. The summed E-state index contributed by atoms with van der Waals surface area (Å²) in [5.74, 6) is 0. The molecule has 0 unspecified atom stereocenters. The van der Waals surface area contributed by atoms with Crippen LogP contribution in [0.15, 0.2) is 23.8 Å². The van der Waals surface area contributed by atoms with E-state index in [0.29, 0.717) is 0 Å². The van der Waals surface area contributed by atoms with Gasteiger partial charge in [0, 0.05) is 0 Å². The Morgan fingerprint density at radius 1 is 1.45 bits per heavy atom. The summed E-state index contributed by atoms with van der Waals surface area (Å²) in [6.07, 6.45) is 9.84. The zero-order valence-corrected chi connectivity index (χ0v) is 7.64. The van der Waals surface area contributed by atoms with Crippen molar-refractivity contribution in [3.63, 3.8) is 0 Å². The summed E-state index contributed by atoms with van der Waals surface area (Å²) < 4.78 is 0. The van der Waals surface area contributed by atoms with Crippen molar-refractivity contribution in [2.24, 2.45) is 5.73 Å². The van der Waals surface area contributed by atoms with E-state index in [1.165, 1.54) is 5.57 Å². The first-order valence-electron chi connectivity index (χ1n) is 4.37. The van der Waals surface area contributed by atoms with Crippen LogP contribution in [-0.2, 0) is 0 Å². The molecule has 0 aromatic carbocycles. The molecule has 0 atom stereocenters. The molecule has 0 saturated carbocycles. The zero-order valence-electron chi connectivity index (χ0n) is 7.64. The van der Waals surface area contributed by atoms with E-state index in [1.807, 2.05) is 6.92 Å². The van der Waals surface area contributed by atoms with Gasteiger partial charge in [0.15, 0.2) is 0 Å². The quantitative estimate of drug-likeness (QED) is 0.604. The lowest BCUT2D eigenvalue weighted by molar-refractivity contribution is 0.831. The SMILES string of the molecule is C/C=C\C(=C/CC)CCCN. The summed E-state index contributed by atoms with van der Waals surface area (Å²) in [4.78, 5) is 0. The highest BCUT2D eigenvalue weighted by Crippen LogP contribution is 2.06. The molecule has 0 aliphatic carbocycles. The summed E-state index contributed by atoms with van der Waals surface area (Å²) in [7, 11) is 0. The summed E-state index contributed by atoms with van der Waals surface area (Å²) >= 11 is 0. The van der Waals surface area contributed by atoms with Crippen molar-refractivity contribution >= 4 is 0 Å². The summed E-state index contributed by atoms with van der Waals surface area (Å²) in [5.41, 5.74) is 6.83. The van der Waals surface area contributed by atoms with E-state index in [4.69, 9.17) is 5.73 Å². The Balaban J connectivity index is 3.79. The maximum Gasteiger partial charge on any atom is -0.00741 e. The summed E-state index contributed by atoms with van der Waals surface area (Å²) in [6.45, 7) is 5.00. The van der Waals surface area contributed by atoms with Crippen LogP contribution in [-0.4, -0.2) is 6.54 Å². The predicted octanol–water partition coefficient (Wildman–Crippen LogP) is 2.64. The van der Waals surface area contributed by atoms with Gasteiger partial charge in [-0.1, -0.05) is 30.7 Å². The van der Waals surface area contributed by atoms with Gasteiger partial charge in [-0.25, -0.2) is 0 Å². The minimum atomic E-state index is 0.790. The van der Waals surface area contributed by atoms with Crippen molar-refractivity contribution < 1.29 is 0 Å². The molecule has 64 valence electrons. The van der Waals surface area contributed by atoms with Crippen LogP contribution in [0.5, 0.6) is 0 Å². The molecular formula is C10H19N. The van der Waals surface area contributed by atoms with Crippen molar-refractivity contribution in [2.75, 3.05) is 6.54 Å². The van der Waals surface area contributed by atoms with E-state index in [-0.39, 0.29) is 0 Å². The Labute approximate surface area is 70.0 Å². The Morgan fingerprint density at radius 3 is 2.64 bits per heavy atom. The van der Waals surface area contributed by atoms with Gasteiger partial charge < -0.3 is 5.73 Å². The first-order valence-corrected chi connectivity index (χ1v) is 4.37. The molecule has 0 saturated heterocycles. The van der Waals surface area contributed by atoms with Crippen LogP contribution in [0.2, 0.25) is 0 Å². The van der Waals surface area contributed by atoms with Crippen molar-refractivity contribution in [3.05, 3.63) is 23.8 Å². The lowest BCUT2D eigenvalue weighted by Crippen LogP contribution is -1.98. The molecule has 0 aliphatic heterocycles. The second kappa shape index (κ2) is 7.55. The summed E-state index contributed by atoms with van der Waals surface area (Å²) in [6, 6.07) is 0. The first-order chi connectivity index (χ1) is 5.35. The zero-order chi connectivity index (χ0) is 8.53. The third-order valence-corrected chi connectivity index (χ3v) is 1.52. The molecule has 0 bridgehead atoms. The molecule has 0 aromatic rings. The average Bonchev–Trinajstić information content (AvgIpc) is 2.01. The van der Waals surface area contributed by atoms with Crippen molar-refractivity contribution in [1.29, 1.82) is 0 Å². The van der Waals surface area contributed by atoms with Gasteiger partial charge in [-0.15, -0.1) is 0 Å². The molecule has 1 heteroatoms. The highest BCUT2D eigenvalue weighted by Gasteiger charge is 1.89. The number of hydrogen-bond donors (Lipinski definition) is 1. The molecule has 0 fully saturated rings. The van der Waals surface area contributed by atoms with E-state index in [0.717, 1.165) is 25.8 Å². The fourth-order valence-corrected chi connectivity index (χ4v) is 1.04. The van der Waals surface area contributed by atoms with Crippen molar-refractivity contribution in [2.45, 2.75) is 33.1 Å². The summed E-state index contributed by atoms with van der Waals surface area (Å²) in [5, 5.41) is 0. The number of nitrogens with two attached hydrogens (primary N) is 1. The average molecular weight is 153 g/mol. The van der Waals surface area contributed by atoms with E-state index in [2.05, 4.69) is 25.2 Å². The highest BCUT2D eigenvalue weighted by atomic mass is 14.5. The minimum absolute atomic E-state index is 0.790. The van der Waals surface area contributed by atoms with Gasteiger partial charge in [-0.2, -0.15) is 0 Å². The molecule has 11 heavy (non-hydrogen) atoms. The highest BCUT2D eigenvalue weighted by molar-refractivity contribution is 5.17. The molecule has 0 aliphatic rings. The largest absolute Gasteiger partial charge is 0.330 e. The minimum Gasteiger partial charge on any atom is -0.330 e. The maximum absolute atomic E-state index is 5.42. The standard InChI is InChI=1S/C10H19N/c1-3-6-10(7-4-2)8-5-9-11/h3,6-7H,4-5,8-9,11H2,1-2H3/b6-3-,10-7+. The molecule has 0 aromatic heterocycles. The van der Waals surface area contributed by atoms with Crippen LogP contribution in [0.1, 0.15) is 33.1 Å². The lowest BCUT2D eigenvalue weighted by atomic mass is 10.1. The van der Waals surface area contributed by atoms with Crippen LogP contribution in [0.25, 0.3) is 0 Å². The number of hydrogen-bond acceptors (Lipinski definition) is 1. The van der Waals surface area contributed by atoms with Gasteiger partial charge in [0.05, 0.1) is 0 Å². The van der Waals surface area contributed by atoms with Crippen LogP contribution >= 0.6 is 0 Å². The molecule has 1 nitrogen and oxygen atoms in total. The van der Waals surface area contributed by atoms with Gasteiger partial charge in [-0.05, 0) is 32.7 Å². The second-order valence-corrected chi connectivity index (χ2v) is 2.58. The Morgan fingerprint density at radius 2 is 2.18 bits per heavy atom. The Bertz CT molecular complexity index is 134. The Kier molecular flexibility index (Phi) is 7.16. The molecule has 0 radical (unpaired) electrons. The molecule has 0 amide bonds. The third kappa shape index (κ3) is 5.86. The van der Waals surface area contributed by atoms with E-state index >= 15 is 0 Å². The monoisotopic (exact) mass is 153 g/mol. The fourth-order valence-electron chi connectivity index (χ4n) is 1.04. The van der Waals surface area contributed by atoms with Gasteiger partial charge >= 0.3 is 0 Å². The molecule has 0 heterocycles. The molecule has 0 spiro atoms. The smallest absolute Gasteiger partial charge is 0.00741 e. The topological polar surface area (TPSA) is 26.0 Å². The molecule has 0 rings (SSSR count). The first kappa shape index (κ1) is 10.4. The lowest BCUT2D eigenvalue weighted by Gasteiger charge is -1.98. The maximum atomic E-state index is 5.42. The van der Waals surface area contributed by atoms with Gasteiger partial charge in [-0.3, -0.25) is 0 Å². The van der Waals surface area contributed by atoms with E-state index in [1.54, 1.807) is 0 Å². The van der Waals surface area contributed by atoms with Crippen molar-refractivity contribution in [3.8, 4) is 0 Å². The number of allylic oxidation sites excluding steroid dienone is 4. The van der Waals surface area contributed by atoms with Crippen LogP contribution in [0.4, 0.5) is 0 Å². The molecule has 2 N–H and O–H groups in total. The van der Waals surface area contributed by atoms with Crippen LogP contribution in [0.3, 0.4) is 0 Å².